The molecule has 20 heavy (non-hydrogen) atoms. The first kappa shape index (κ1) is 15.5. The zero-order valence-corrected chi connectivity index (χ0v) is 13.4. The Balaban J connectivity index is 2.19. The van der Waals surface area contributed by atoms with E-state index in [1.54, 1.807) is 0 Å². The lowest BCUT2D eigenvalue weighted by atomic mass is 9.94. The van der Waals surface area contributed by atoms with Crippen LogP contribution in [0.1, 0.15) is 61.3 Å². The van der Waals surface area contributed by atoms with Gasteiger partial charge >= 0.3 is 0 Å². The zero-order valence-electron chi connectivity index (χ0n) is 13.4. The van der Waals surface area contributed by atoms with Crippen LogP contribution in [-0.2, 0) is 0 Å². The van der Waals surface area contributed by atoms with Crippen LogP contribution in [0.25, 0.3) is 0 Å². The smallest absolute Gasteiger partial charge is 0.0473 e. The maximum atomic E-state index is 6.13. The van der Waals surface area contributed by atoms with Crippen molar-refractivity contribution in [1.82, 2.24) is 4.90 Å². The van der Waals surface area contributed by atoms with E-state index in [-0.39, 0.29) is 0 Å². The van der Waals surface area contributed by atoms with Gasteiger partial charge in [-0.25, -0.2) is 0 Å². The highest BCUT2D eigenvalue weighted by Gasteiger charge is 2.25. The lowest BCUT2D eigenvalue weighted by Crippen LogP contribution is -2.38. The maximum Gasteiger partial charge on any atom is 0.0473 e. The third-order valence-corrected chi connectivity index (χ3v) is 5.12. The second-order valence-corrected chi connectivity index (χ2v) is 6.35. The molecule has 1 aliphatic carbocycles. The van der Waals surface area contributed by atoms with E-state index in [0.717, 1.165) is 0 Å². The Morgan fingerprint density at radius 2 is 1.80 bits per heavy atom. The Labute approximate surface area is 124 Å². The molecule has 1 atom stereocenters. The van der Waals surface area contributed by atoms with Gasteiger partial charge in [-0.2, -0.15) is 0 Å². The minimum absolute atomic E-state index is 0.359. The normalized spacial score (nSPS) is 19.1. The van der Waals surface area contributed by atoms with Crippen molar-refractivity contribution >= 4 is 0 Å². The van der Waals surface area contributed by atoms with Crippen molar-refractivity contribution in [2.75, 3.05) is 13.6 Å². The van der Waals surface area contributed by atoms with Crippen molar-refractivity contribution in [2.45, 2.75) is 64.5 Å². The summed E-state index contributed by atoms with van der Waals surface area (Å²) < 4.78 is 0. The molecule has 0 radical (unpaired) electrons. The van der Waals surface area contributed by atoms with Gasteiger partial charge in [0.2, 0.25) is 0 Å². The number of hydrogen-bond donors (Lipinski definition) is 1. The second-order valence-electron chi connectivity index (χ2n) is 6.35. The van der Waals surface area contributed by atoms with Crippen LogP contribution in [0.3, 0.4) is 0 Å². The lowest BCUT2D eigenvalue weighted by molar-refractivity contribution is 0.161. The first-order valence-corrected chi connectivity index (χ1v) is 8.13. The van der Waals surface area contributed by atoms with Gasteiger partial charge in [0.05, 0.1) is 0 Å². The van der Waals surface area contributed by atoms with Gasteiger partial charge in [-0.05, 0) is 50.4 Å². The topological polar surface area (TPSA) is 29.3 Å². The number of nitrogens with two attached hydrogens (primary N) is 1. The van der Waals surface area contributed by atoms with Gasteiger partial charge in [-0.15, -0.1) is 0 Å². The Kier molecular flexibility index (Phi) is 5.62. The minimum Gasteiger partial charge on any atom is -0.329 e. The van der Waals surface area contributed by atoms with Crippen molar-refractivity contribution in [3.63, 3.8) is 0 Å². The Hall–Kier alpha value is -0.860. The minimum atomic E-state index is 0.359. The molecule has 112 valence electrons. The summed E-state index contributed by atoms with van der Waals surface area (Å²) in [6, 6.07) is 7.68. The van der Waals surface area contributed by atoms with E-state index >= 15 is 0 Å². The molecule has 0 amide bonds. The molecule has 1 unspecified atom stereocenters. The molecule has 2 heteroatoms. The van der Waals surface area contributed by atoms with Crippen molar-refractivity contribution in [3.8, 4) is 0 Å². The third kappa shape index (κ3) is 3.42. The molecular formula is C18H30N2. The van der Waals surface area contributed by atoms with E-state index in [0.29, 0.717) is 18.6 Å². The van der Waals surface area contributed by atoms with Crippen LogP contribution >= 0.6 is 0 Å². The van der Waals surface area contributed by atoms with Crippen LogP contribution in [0.4, 0.5) is 0 Å². The molecule has 1 aromatic carbocycles. The maximum absolute atomic E-state index is 6.13. The van der Waals surface area contributed by atoms with Crippen molar-refractivity contribution in [3.05, 3.63) is 34.9 Å². The van der Waals surface area contributed by atoms with Crippen LogP contribution in [0.2, 0.25) is 0 Å². The lowest BCUT2D eigenvalue weighted by Gasteiger charge is -2.35. The summed E-state index contributed by atoms with van der Waals surface area (Å²) in [4.78, 5) is 2.55. The van der Waals surface area contributed by atoms with Crippen molar-refractivity contribution in [1.29, 1.82) is 0 Å². The van der Waals surface area contributed by atoms with E-state index in [2.05, 4.69) is 44.0 Å². The highest BCUT2D eigenvalue weighted by atomic mass is 15.2. The van der Waals surface area contributed by atoms with Gasteiger partial charge in [0, 0.05) is 18.6 Å². The highest BCUT2D eigenvalue weighted by molar-refractivity contribution is 5.35. The van der Waals surface area contributed by atoms with Crippen LogP contribution in [0, 0.1) is 13.8 Å². The van der Waals surface area contributed by atoms with Crippen LogP contribution in [0.15, 0.2) is 18.2 Å². The number of hydrogen-bond acceptors (Lipinski definition) is 2. The summed E-state index contributed by atoms with van der Waals surface area (Å²) in [6.07, 6.45) is 8.22. The molecule has 1 aliphatic rings. The molecule has 1 aromatic rings. The molecule has 0 aliphatic heterocycles. The molecule has 0 spiro atoms. The summed E-state index contributed by atoms with van der Waals surface area (Å²) in [7, 11) is 2.27. The first-order chi connectivity index (χ1) is 9.65. The Morgan fingerprint density at radius 1 is 1.15 bits per heavy atom. The van der Waals surface area contributed by atoms with Crippen LogP contribution in [0.5, 0.6) is 0 Å². The van der Waals surface area contributed by atoms with Gasteiger partial charge in [0.1, 0.15) is 0 Å². The molecule has 1 saturated carbocycles. The SMILES string of the molecule is Cc1cccc(C(CN)N(C)C2CCCCCC2)c1C. The second kappa shape index (κ2) is 7.24. The quantitative estimate of drug-likeness (QED) is 0.842. The molecule has 0 heterocycles. The number of nitrogens with zero attached hydrogens (tertiary/aromatic N) is 1. The molecule has 2 rings (SSSR count). The summed E-state index contributed by atoms with van der Waals surface area (Å²) in [5.74, 6) is 0. The number of likely N-dealkylation sites (N-methyl/N-ethyl adjacent to an activating group) is 1. The van der Waals surface area contributed by atoms with E-state index in [1.165, 1.54) is 55.2 Å². The predicted octanol–water partition coefficient (Wildman–Crippen LogP) is 3.96. The monoisotopic (exact) mass is 274 g/mol. The van der Waals surface area contributed by atoms with E-state index in [9.17, 15) is 0 Å². The summed E-state index contributed by atoms with van der Waals surface area (Å²) in [6.45, 7) is 5.13. The van der Waals surface area contributed by atoms with Gasteiger partial charge in [-0.3, -0.25) is 4.90 Å². The van der Waals surface area contributed by atoms with Gasteiger partial charge in [-0.1, -0.05) is 43.9 Å². The molecule has 1 fully saturated rings. The van der Waals surface area contributed by atoms with Crippen molar-refractivity contribution in [2.24, 2.45) is 5.73 Å². The highest BCUT2D eigenvalue weighted by Crippen LogP contribution is 2.30. The van der Waals surface area contributed by atoms with Gasteiger partial charge < -0.3 is 5.73 Å². The largest absolute Gasteiger partial charge is 0.329 e. The number of benzene rings is 1. The van der Waals surface area contributed by atoms with E-state index in [4.69, 9.17) is 5.73 Å². The van der Waals surface area contributed by atoms with Crippen molar-refractivity contribution < 1.29 is 0 Å². The fourth-order valence-electron chi connectivity index (χ4n) is 3.57. The zero-order chi connectivity index (χ0) is 14.5. The van der Waals surface area contributed by atoms with Crippen LogP contribution in [-0.4, -0.2) is 24.5 Å². The molecule has 0 bridgehead atoms. The van der Waals surface area contributed by atoms with Gasteiger partial charge in [0.15, 0.2) is 0 Å². The standard InChI is InChI=1S/C18H30N2/c1-14-9-8-12-17(15(14)2)18(13-19)20(3)16-10-6-4-5-7-11-16/h8-9,12,16,18H,4-7,10-11,13,19H2,1-3H3. The summed E-state index contributed by atoms with van der Waals surface area (Å²) in [5.41, 5.74) is 10.3. The number of aryl methyl sites for hydroxylation is 1. The summed E-state index contributed by atoms with van der Waals surface area (Å²) in [5, 5.41) is 0. The van der Waals surface area contributed by atoms with Crippen LogP contribution < -0.4 is 5.73 Å². The molecule has 0 aromatic heterocycles. The Bertz CT molecular complexity index is 419. The average Bonchev–Trinajstić information content (AvgIpc) is 2.73. The fraction of sp³-hybridized carbons (Fsp3) is 0.667. The number of rotatable bonds is 4. The first-order valence-electron chi connectivity index (χ1n) is 8.13. The Morgan fingerprint density at radius 3 is 2.40 bits per heavy atom. The van der Waals surface area contributed by atoms with E-state index in [1.807, 2.05) is 0 Å². The fourth-order valence-corrected chi connectivity index (χ4v) is 3.57. The molecular weight excluding hydrogens is 244 g/mol. The predicted molar refractivity (Wildman–Crippen MR) is 87.0 cm³/mol. The molecule has 2 nitrogen and oxygen atoms in total. The average molecular weight is 274 g/mol. The summed E-state index contributed by atoms with van der Waals surface area (Å²) >= 11 is 0. The molecule has 2 N–H and O–H groups in total. The van der Waals surface area contributed by atoms with Gasteiger partial charge in [0.25, 0.3) is 0 Å². The molecule has 0 saturated heterocycles. The third-order valence-electron chi connectivity index (χ3n) is 5.12. The van der Waals surface area contributed by atoms with E-state index < -0.39 is 0 Å².